The summed E-state index contributed by atoms with van der Waals surface area (Å²) in [7, 11) is 0. The topological polar surface area (TPSA) is 63.7 Å². The number of ketones is 1. The van der Waals surface area contributed by atoms with Crippen LogP contribution in [0.25, 0.3) is 0 Å². The van der Waals surface area contributed by atoms with Gasteiger partial charge in [-0.2, -0.15) is 0 Å². The van der Waals surface area contributed by atoms with Crippen LogP contribution in [-0.2, 0) is 25.7 Å². The molecule has 148 valence electrons. The highest BCUT2D eigenvalue weighted by Crippen LogP contribution is 2.25. The Kier molecular flexibility index (Phi) is 7.22. The van der Waals surface area contributed by atoms with Gasteiger partial charge in [-0.3, -0.25) is 9.59 Å². The van der Waals surface area contributed by atoms with Crippen LogP contribution in [0.1, 0.15) is 32.8 Å². The fourth-order valence-electron chi connectivity index (χ4n) is 2.39. The predicted molar refractivity (Wildman–Crippen MR) is 110 cm³/mol. The molecule has 0 aromatic heterocycles. The summed E-state index contributed by atoms with van der Waals surface area (Å²) in [5.74, 6) is -2.44. The van der Waals surface area contributed by atoms with Crippen molar-refractivity contribution in [3.05, 3.63) is 64.1 Å². The summed E-state index contributed by atoms with van der Waals surface area (Å²) in [5.41, 5.74) is 0.515. The first-order valence-electron chi connectivity index (χ1n) is 8.62. The van der Waals surface area contributed by atoms with Gasteiger partial charge in [0.15, 0.2) is 0 Å². The second-order valence-corrected chi connectivity index (χ2v) is 7.98. The summed E-state index contributed by atoms with van der Waals surface area (Å²) in [4.78, 5) is 38.3. The first-order valence-corrected chi connectivity index (χ1v) is 9.38. The molecule has 0 aliphatic heterocycles. The van der Waals surface area contributed by atoms with Crippen LogP contribution >= 0.6 is 23.2 Å². The van der Waals surface area contributed by atoms with Crippen molar-refractivity contribution < 1.29 is 19.1 Å². The van der Waals surface area contributed by atoms with E-state index < -0.39 is 29.7 Å². The summed E-state index contributed by atoms with van der Waals surface area (Å²) in [6, 6.07) is 13.9. The zero-order chi connectivity index (χ0) is 20.9. The van der Waals surface area contributed by atoms with Crippen molar-refractivity contribution >= 4 is 46.5 Å². The Morgan fingerprint density at radius 3 is 2.18 bits per heavy atom. The minimum absolute atomic E-state index is 0.168. The van der Waals surface area contributed by atoms with Crippen molar-refractivity contribution in [2.24, 2.45) is 0 Å². The molecule has 0 heterocycles. The van der Waals surface area contributed by atoms with E-state index in [4.69, 9.17) is 27.9 Å². The first kappa shape index (κ1) is 21.9. The second kappa shape index (κ2) is 9.22. The molecule has 0 saturated heterocycles. The second-order valence-electron chi connectivity index (χ2n) is 7.17. The number of halogens is 2. The van der Waals surface area contributed by atoms with E-state index in [2.05, 4.69) is 0 Å². The van der Waals surface area contributed by atoms with Gasteiger partial charge in [-0.15, -0.1) is 0 Å². The van der Waals surface area contributed by atoms with Crippen molar-refractivity contribution in [1.82, 2.24) is 0 Å². The van der Waals surface area contributed by atoms with Gasteiger partial charge in [0.25, 0.3) is 0 Å². The Morgan fingerprint density at radius 1 is 0.964 bits per heavy atom. The van der Waals surface area contributed by atoms with Gasteiger partial charge in [0.2, 0.25) is 11.7 Å². The van der Waals surface area contributed by atoms with Crippen LogP contribution in [-0.4, -0.2) is 23.3 Å². The molecule has 5 nitrogen and oxygen atoms in total. The third kappa shape index (κ3) is 6.36. The highest BCUT2D eigenvalue weighted by atomic mass is 35.5. The molecule has 0 saturated carbocycles. The first-order chi connectivity index (χ1) is 13.1. The molecule has 28 heavy (non-hydrogen) atoms. The van der Waals surface area contributed by atoms with E-state index >= 15 is 0 Å². The van der Waals surface area contributed by atoms with Gasteiger partial charge in [0, 0.05) is 5.69 Å². The SMILES string of the molecule is CC(C)(C)OC(=O)C(=O)CC(=O)N(Cc1ccc(Cl)c(Cl)c1)c1ccccc1. The third-order valence-corrected chi connectivity index (χ3v) is 4.37. The lowest BCUT2D eigenvalue weighted by molar-refractivity contribution is -0.163. The monoisotopic (exact) mass is 421 g/mol. The molecule has 2 aromatic carbocycles. The van der Waals surface area contributed by atoms with Gasteiger partial charge < -0.3 is 9.64 Å². The minimum Gasteiger partial charge on any atom is -0.454 e. The molecule has 0 bridgehead atoms. The molecule has 0 radical (unpaired) electrons. The number of benzene rings is 2. The number of amides is 1. The minimum atomic E-state index is -1.02. The van der Waals surface area contributed by atoms with Crippen LogP contribution in [0.15, 0.2) is 48.5 Å². The van der Waals surface area contributed by atoms with Crippen molar-refractivity contribution in [1.29, 1.82) is 0 Å². The third-order valence-electron chi connectivity index (χ3n) is 3.63. The van der Waals surface area contributed by atoms with Gasteiger partial charge in [0.1, 0.15) is 5.60 Å². The fraction of sp³-hybridized carbons (Fsp3) is 0.286. The maximum Gasteiger partial charge on any atom is 0.375 e. The average molecular weight is 422 g/mol. The Balaban J connectivity index is 2.21. The Bertz CT molecular complexity index is 876. The molecular formula is C21H21Cl2NO4. The molecule has 0 unspecified atom stereocenters. The Morgan fingerprint density at radius 2 is 1.61 bits per heavy atom. The normalized spacial score (nSPS) is 11.0. The molecule has 2 aromatic rings. The number of ether oxygens (including phenoxy) is 1. The fourth-order valence-corrected chi connectivity index (χ4v) is 2.71. The number of carbonyl (C=O) groups is 3. The molecule has 0 aliphatic rings. The van der Waals surface area contributed by atoms with Crippen LogP contribution in [0.3, 0.4) is 0 Å². The van der Waals surface area contributed by atoms with Gasteiger partial charge in [0.05, 0.1) is 23.0 Å². The Labute approximate surface area is 174 Å². The van der Waals surface area contributed by atoms with Crippen LogP contribution in [0, 0.1) is 0 Å². The number of hydrogen-bond acceptors (Lipinski definition) is 4. The molecule has 0 aliphatic carbocycles. The lowest BCUT2D eigenvalue weighted by Gasteiger charge is -2.23. The van der Waals surface area contributed by atoms with Crippen molar-refractivity contribution in [3.63, 3.8) is 0 Å². The van der Waals surface area contributed by atoms with Gasteiger partial charge in [-0.05, 0) is 50.6 Å². The highest BCUT2D eigenvalue weighted by Gasteiger charge is 2.27. The number of Topliss-reactive ketones (excluding diaryl/α,β-unsaturated/α-hetero) is 1. The zero-order valence-corrected chi connectivity index (χ0v) is 17.4. The molecule has 0 N–H and O–H groups in total. The maximum atomic E-state index is 12.8. The number of nitrogens with zero attached hydrogens (tertiary/aromatic N) is 1. The number of para-hydroxylation sites is 1. The number of anilines is 1. The average Bonchev–Trinajstić information content (AvgIpc) is 2.61. The van der Waals surface area contributed by atoms with Gasteiger partial charge >= 0.3 is 5.97 Å². The largest absolute Gasteiger partial charge is 0.454 e. The van der Waals surface area contributed by atoms with Gasteiger partial charge in [-0.25, -0.2) is 4.79 Å². The van der Waals surface area contributed by atoms with E-state index in [-0.39, 0.29) is 6.54 Å². The Hall–Kier alpha value is -2.37. The highest BCUT2D eigenvalue weighted by molar-refractivity contribution is 6.42. The molecule has 0 atom stereocenters. The lowest BCUT2D eigenvalue weighted by Crippen LogP contribution is -2.35. The molecular weight excluding hydrogens is 401 g/mol. The number of rotatable bonds is 6. The summed E-state index contributed by atoms with van der Waals surface area (Å²) >= 11 is 12.0. The summed E-state index contributed by atoms with van der Waals surface area (Å²) in [6.07, 6.45) is -0.592. The number of carbonyl (C=O) groups excluding carboxylic acids is 3. The van der Waals surface area contributed by atoms with E-state index in [1.165, 1.54) is 4.90 Å². The van der Waals surface area contributed by atoms with Crippen molar-refractivity contribution in [2.45, 2.75) is 39.3 Å². The molecule has 2 rings (SSSR count). The number of hydrogen-bond donors (Lipinski definition) is 0. The summed E-state index contributed by atoms with van der Waals surface area (Å²) in [5, 5.41) is 0.771. The van der Waals surface area contributed by atoms with Gasteiger partial charge in [-0.1, -0.05) is 47.5 Å². The van der Waals surface area contributed by atoms with Crippen molar-refractivity contribution in [2.75, 3.05) is 4.90 Å². The lowest BCUT2D eigenvalue weighted by atomic mass is 10.1. The van der Waals surface area contributed by atoms with E-state index in [1.54, 1.807) is 63.2 Å². The predicted octanol–water partition coefficient (Wildman–Crippen LogP) is 4.83. The summed E-state index contributed by atoms with van der Waals surface area (Å²) < 4.78 is 5.04. The number of esters is 1. The summed E-state index contributed by atoms with van der Waals surface area (Å²) in [6.45, 7) is 5.13. The van der Waals surface area contributed by atoms with E-state index in [1.807, 2.05) is 6.07 Å². The standard InChI is InChI=1S/C21H21Cl2NO4/c1-21(2,3)28-20(27)18(25)12-19(26)24(15-7-5-4-6-8-15)13-14-9-10-16(22)17(23)11-14/h4-11H,12-13H2,1-3H3. The van der Waals surface area contributed by atoms with Crippen molar-refractivity contribution in [3.8, 4) is 0 Å². The van der Waals surface area contributed by atoms with E-state index in [0.29, 0.717) is 15.7 Å². The maximum absolute atomic E-state index is 12.8. The quantitative estimate of drug-likeness (QED) is 0.380. The van der Waals surface area contributed by atoms with Crippen LogP contribution in [0.5, 0.6) is 0 Å². The molecule has 0 fully saturated rings. The van der Waals surface area contributed by atoms with Crippen LogP contribution in [0.4, 0.5) is 5.69 Å². The van der Waals surface area contributed by atoms with Crippen LogP contribution < -0.4 is 4.90 Å². The van der Waals surface area contributed by atoms with E-state index in [9.17, 15) is 14.4 Å². The molecule has 7 heteroatoms. The molecule has 0 spiro atoms. The molecule has 1 amide bonds. The van der Waals surface area contributed by atoms with E-state index in [0.717, 1.165) is 5.56 Å². The zero-order valence-electron chi connectivity index (χ0n) is 15.9. The van der Waals surface area contributed by atoms with Crippen LogP contribution in [0.2, 0.25) is 10.0 Å². The smallest absolute Gasteiger partial charge is 0.375 e.